The third-order valence-corrected chi connectivity index (χ3v) is 4.84. The van der Waals surface area contributed by atoms with Gasteiger partial charge in [-0.15, -0.1) is 0 Å². The van der Waals surface area contributed by atoms with E-state index in [2.05, 4.69) is 4.72 Å². The zero-order valence-corrected chi connectivity index (χ0v) is 15.9. The first-order valence-electron chi connectivity index (χ1n) is 8.50. The number of sulfonamides is 1. The normalized spacial score (nSPS) is 13.1. The maximum absolute atomic E-state index is 13.0. The van der Waals surface area contributed by atoms with Crippen molar-refractivity contribution in [2.24, 2.45) is 0 Å². The number of nitrogens with one attached hydrogen (secondary N) is 1. The van der Waals surface area contributed by atoms with Crippen molar-refractivity contribution in [2.45, 2.75) is 19.8 Å². The minimum absolute atomic E-state index is 0.0129. The molecule has 7 nitrogen and oxygen atoms in total. The molecular formula is C19H20N2O5S. The molecule has 2 aromatic carbocycles. The number of benzene rings is 2. The summed E-state index contributed by atoms with van der Waals surface area (Å²) in [6.07, 6.45) is 2.63. The van der Waals surface area contributed by atoms with Crippen LogP contribution in [0.2, 0.25) is 0 Å². The predicted molar refractivity (Wildman–Crippen MR) is 103 cm³/mol. The number of nitrogen functional groups attached to an aromatic ring is 1. The van der Waals surface area contributed by atoms with Crippen LogP contribution in [0.3, 0.4) is 0 Å². The van der Waals surface area contributed by atoms with Crippen LogP contribution in [0.25, 0.3) is 0 Å². The highest BCUT2D eigenvalue weighted by Gasteiger charge is 2.35. The summed E-state index contributed by atoms with van der Waals surface area (Å²) in [5.74, 6) is -0.720. The monoisotopic (exact) mass is 388 g/mol. The Balaban J connectivity index is 2.24. The van der Waals surface area contributed by atoms with Crippen LogP contribution >= 0.6 is 0 Å². The first-order valence-corrected chi connectivity index (χ1v) is 10.4. The lowest BCUT2D eigenvalue weighted by Gasteiger charge is -2.23. The van der Waals surface area contributed by atoms with Crippen molar-refractivity contribution in [1.82, 2.24) is 0 Å². The molecule has 0 aromatic heterocycles. The molecule has 142 valence electrons. The molecule has 0 unspecified atom stereocenters. The number of ketones is 2. The van der Waals surface area contributed by atoms with Crippen molar-refractivity contribution in [3.8, 4) is 5.75 Å². The van der Waals surface area contributed by atoms with Gasteiger partial charge in [0.2, 0.25) is 10.0 Å². The molecule has 0 saturated carbocycles. The summed E-state index contributed by atoms with van der Waals surface area (Å²) in [6.45, 7) is 2.35. The van der Waals surface area contributed by atoms with Gasteiger partial charge in [-0.2, -0.15) is 0 Å². The van der Waals surface area contributed by atoms with Gasteiger partial charge in [-0.25, -0.2) is 8.42 Å². The first kappa shape index (κ1) is 18.9. The molecule has 3 rings (SSSR count). The second-order valence-electron chi connectivity index (χ2n) is 6.37. The van der Waals surface area contributed by atoms with Gasteiger partial charge in [-0.1, -0.05) is 37.6 Å². The molecule has 1 aliphatic carbocycles. The summed E-state index contributed by atoms with van der Waals surface area (Å²) < 4.78 is 31.6. The first-order chi connectivity index (χ1) is 12.7. The van der Waals surface area contributed by atoms with Gasteiger partial charge in [0.25, 0.3) is 0 Å². The number of hydrogen-bond acceptors (Lipinski definition) is 6. The molecule has 0 heterocycles. The molecular weight excluding hydrogens is 368 g/mol. The van der Waals surface area contributed by atoms with Crippen LogP contribution < -0.4 is 15.2 Å². The summed E-state index contributed by atoms with van der Waals surface area (Å²) in [5, 5.41) is 0. The fourth-order valence-corrected chi connectivity index (χ4v) is 3.58. The summed E-state index contributed by atoms with van der Waals surface area (Å²) in [5.41, 5.74) is 6.54. The minimum atomic E-state index is -3.69. The highest BCUT2D eigenvalue weighted by atomic mass is 32.2. The van der Waals surface area contributed by atoms with E-state index < -0.39 is 21.6 Å². The van der Waals surface area contributed by atoms with Crippen LogP contribution in [0.15, 0.2) is 30.3 Å². The third-order valence-electron chi connectivity index (χ3n) is 4.25. The Hall–Kier alpha value is -2.87. The number of nitrogens with two attached hydrogens (primary N) is 1. The molecule has 0 bridgehead atoms. The SMILES string of the molecule is CCCCOc1cc(NS(C)(=O)=O)c2c(c1N)C(=O)c1ccccc1C2=O. The zero-order valence-electron chi connectivity index (χ0n) is 15.0. The minimum Gasteiger partial charge on any atom is -0.491 e. The smallest absolute Gasteiger partial charge is 0.229 e. The molecule has 27 heavy (non-hydrogen) atoms. The van der Waals surface area contributed by atoms with E-state index in [-0.39, 0.29) is 39.4 Å². The summed E-state index contributed by atoms with van der Waals surface area (Å²) in [6, 6.07) is 7.74. The molecule has 0 spiro atoms. The molecule has 0 atom stereocenters. The van der Waals surface area contributed by atoms with E-state index in [4.69, 9.17) is 10.5 Å². The topological polar surface area (TPSA) is 116 Å². The van der Waals surface area contributed by atoms with Gasteiger partial charge in [0.1, 0.15) is 5.75 Å². The highest BCUT2D eigenvalue weighted by Crippen LogP contribution is 2.41. The van der Waals surface area contributed by atoms with Crippen molar-refractivity contribution in [3.63, 3.8) is 0 Å². The van der Waals surface area contributed by atoms with E-state index >= 15 is 0 Å². The predicted octanol–water partition coefficient (Wildman–Crippen LogP) is 2.59. The largest absolute Gasteiger partial charge is 0.491 e. The number of ether oxygens (including phenoxy) is 1. The summed E-state index contributed by atoms with van der Waals surface area (Å²) >= 11 is 0. The van der Waals surface area contributed by atoms with E-state index in [1.807, 2.05) is 6.92 Å². The lowest BCUT2D eigenvalue weighted by atomic mass is 9.82. The highest BCUT2D eigenvalue weighted by molar-refractivity contribution is 7.92. The maximum Gasteiger partial charge on any atom is 0.229 e. The fourth-order valence-electron chi connectivity index (χ4n) is 3.02. The Bertz CT molecular complexity index is 1040. The number of hydrogen-bond donors (Lipinski definition) is 2. The number of anilines is 2. The van der Waals surface area contributed by atoms with Crippen molar-refractivity contribution < 1.29 is 22.7 Å². The van der Waals surface area contributed by atoms with Crippen LogP contribution in [0.1, 0.15) is 51.6 Å². The van der Waals surface area contributed by atoms with Crippen molar-refractivity contribution in [2.75, 3.05) is 23.3 Å². The van der Waals surface area contributed by atoms with Crippen LogP contribution in [0.4, 0.5) is 11.4 Å². The second kappa shape index (κ2) is 7.03. The van der Waals surface area contributed by atoms with Gasteiger partial charge >= 0.3 is 0 Å². The Labute approximate surface area is 157 Å². The van der Waals surface area contributed by atoms with Gasteiger partial charge in [0.05, 0.1) is 35.4 Å². The average Bonchev–Trinajstić information content (AvgIpc) is 2.61. The molecule has 0 fully saturated rings. The molecule has 0 radical (unpaired) electrons. The average molecular weight is 388 g/mol. The Morgan fingerprint density at radius 3 is 2.22 bits per heavy atom. The zero-order chi connectivity index (χ0) is 19.8. The number of carbonyl (C=O) groups excluding carboxylic acids is 2. The lowest BCUT2D eigenvalue weighted by molar-refractivity contribution is 0.0980. The van der Waals surface area contributed by atoms with E-state index in [1.54, 1.807) is 18.2 Å². The molecule has 0 aliphatic heterocycles. The van der Waals surface area contributed by atoms with Gasteiger partial charge in [-0.3, -0.25) is 14.3 Å². The van der Waals surface area contributed by atoms with Crippen LogP contribution in [-0.4, -0.2) is 32.8 Å². The second-order valence-corrected chi connectivity index (χ2v) is 8.11. The fraction of sp³-hybridized carbons (Fsp3) is 0.263. The Morgan fingerprint density at radius 1 is 1.07 bits per heavy atom. The van der Waals surface area contributed by atoms with Crippen LogP contribution in [0, 0.1) is 0 Å². The quantitative estimate of drug-likeness (QED) is 0.495. The number of unbranched alkanes of at least 4 members (excludes halogenated alkanes) is 1. The molecule has 8 heteroatoms. The Kier molecular flexibility index (Phi) is 4.93. The lowest BCUT2D eigenvalue weighted by Crippen LogP contribution is -2.25. The standard InChI is InChI=1S/C19H20N2O5S/c1-3-4-9-26-14-10-13(21-27(2,24)25)15-16(17(14)20)19(23)12-8-6-5-7-11(12)18(15)22/h5-8,10,21H,3-4,9,20H2,1-2H3. The van der Waals surface area contributed by atoms with E-state index in [1.165, 1.54) is 12.1 Å². The maximum atomic E-state index is 13.0. The van der Waals surface area contributed by atoms with E-state index in [0.717, 1.165) is 19.1 Å². The molecule has 0 amide bonds. The Morgan fingerprint density at radius 2 is 1.67 bits per heavy atom. The van der Waals surface area contributed by atoms with Gasteiger partial charge in [0, 0.05) is 17.2 Å². The summed E-state index contributed by atoms with van der Waals surface area (Å²) in [7, 11) is -3.69. The van der Waals surface area contributed by atoms with Crippen molar-refractivity contribution >= 4 is 33.0 Å². The molecule has 3 N–H and O–H groups in total. The molecule has 0 saturated heterocycles. The molecule has 1 aliphatic rings. The summed E-state index contributed by atoms with van der Waals surface area (Å²) in [4.78, 5) is 26.0. The van der Waals surface area contributed by atoms with Crippen LogP contribution in [0.5, 0.6) is 5.75 Å². The van der Waals surface area contributed by atoms with Crippen molar-refractivity contribution in [3.05, 3.63) is 52.6 Å². The number of carbonyl (C=O) groups is 2. The number of rotatable bonds is 6. The molecule has 2 aromatic rings. The van der Waals surface area contributed by atoms with E-state index in [0.29, 0.717) is 6.61 Å². The van der Waals surface area contributed by atoms with Crippen LogP contribution in [-0.2, 0) is 10.0 Å². The van der Waals surface area contributed by atoms with E-state index in [9.17, 15) is 18.0 Å². The van der Waals surface area contributed by atoms with Gasteiger partial charge < -0.3 is 10.5 Å². The van der Waals surface area contributed by atoms with Crippen molar-refractivity contribution in [1.29, 1.82) is 0 Å². The van der Waals surface area contributed by atoms with Gasteiger partial charge in [0.15, 0.2) is 11.6 Å². The third kappa shape index (κ3) is 3.52. The number of fused-ring (bicyclic) bond motifs is 2. The van der Waals surface area contributed by atoms with Gasteiger partial charge in [-0.05, 0) is 6.42 Å².